The van der Waals surface area contributed by atoms with Gasteiger partial charge < -0.3 is 27.0 Å². The van der Waals surface area contributed by atoms with E-state index in [2.05, 4.69) is 26.0 Å². The zero-order chi connectivity index (χ0) is 36.5. The van der Waals surface area contributed by atoms with E-state index in [1.165, 1.54) is 0 Å². The third-order valence-electron chi connectivity index (χ3n) is 8.54. The maximum absolute atomic E-state index is 13.7. The molecule has 0 unspecified atom stereocenters. The number of amides is 4. The molecule has 2 atom stereocenters. The molecule has 6 aliphatic heterocycles. The first-order valence-corrected chi connectivity index (χ1v) is 17.9. The molecule has 0 spiro atoms. The quantitative estimate of drug-likeness (QED) is 0.118. The zero-order valence-electron chi connectivity index (χ0n) is 27.9. The summed E-state index contributed by atoms with van der Waals surface area (Å²) in [5, 5.41) is 24.1. The normalized spacial score (nSPS) is 21.9. The number of rotatable bonds is 6. The molecule has 0 saturated carbocycles. The van der Waals surface area contributed by atoms with E-state index in [1.807, 2.05) is 9.80 Å². The van der Waals surface area contributed by atoms with Gasteiger partial charge in [-0.15, -0.1) is 0 Å². The van der Waals surface area contributed by atoms with Crippen molar-refractivity contribution in [1.82, 2.24) is 25.2 Å². The van der Waals surface area contributed by atoms with Crippen molar-refractivity contribution >= 4 is 51.0 Å². The standard InChI is InChI=1S/C34H42N10O6S/c35-32(36)25-7-1-24(2-8-25)19-38-33(47)28-17-22-3-9-26(10-4-22)39-30(45)20-43-13-15-44(16-14-43)21-31(46)40-27-11-5-23(6-12-27)18-29(34(48)41-28)42-51(37,49)50/h1-12,28-29,42H,13-21H2,(H3,35,36)(H,38,47)(H,39,45)(H,40,46)(H,41,48)(H2,37,49,50)/t28-,29+/m0/s1. The van der Waals surface area contributed by atoms with Crippen LogP contribution in [-0.2, 0) is 48.8 Å². The Morgan fingerprint density at radius 1 is 0.784 bits per heavy atom. The highest BCUT2D eigenvalue weighted by Crippen LogP contribution is 2.15. The third-order valence-corrected chi connectivity index (χ3v) is 9.16. The summed E-state index contributed by atoms with van der Waals surface area (Å²) in [6, 6.07) is 17.7. The molecular weight excluding hydrogens is 677 g/mol. The molecule has 0 aromatic heterocycles. The Kier molecular flexibility index (Phi) is 12.1. The average molecular weight is 719 g/mol. The Balaban J connectivity index is 1.39. The van der Waals surface area contributed by atoms with Crippen molar-refractivity contribution in [3.8, 4) is 0 Å². The summed E-state index contributed by atoms with van der Waals surface area (Å²) < 4.78 is 26.4. The lowest BCUT2D eigenvalue weighted by atomic mass is 10.0. The van der Waals surface area contributed by atoms with Crippen LogP contribution in [0, 0.1) is 5.41 Å². The summed E-state index contributed by atoms with van der Waals surface area (Å²) in [5.41, 5.74) is 9.10. The van der Waals surface area contributed by atoms with E-state index in [0.717, 1.165) is 5.56 Å². The monoisotopic (exact) mass is 718 g/mol. The van der Waals surface area contributed by atoms with E-state index in [9.17, 15) is 27.6 Å². The highest BCUT2D eigenvalue weighted by Gasteiger charge is 2.29. The van der Waals surface area contributed by atoms with Gasteiger partial charge >= 0.3 is 0 Å². The molecule has 0 aliphatic carbocycles. The molecule has 4 amide bonds. The van der Waals surface area contributed by atoms with Crippen molar-refractivity contribution in [2.75, 3.05) is 49.9 Å². The molecule has 270 valence electrons. The van der Waals surface area contributed by atoms with Gasteiger partial charge in [0, 0.05) is 56.1 Å². The number of nitrogens with two attached hydrogens (primary N) is 2. The molecule has 9 rings (SSSR count). The molecule has 3 aromatic carbocycles. The summed E-state index contributed by atoms with van der Waals surface area (Å²) in [7, 11) is -4.34. The zero-order valence-corrected chi connectivity index (χ0v) is 28.7. The number of nitrogens with one attached hydrogen (secondary N) is 6. The van der Waals surface area contributed by atoms with Gasteiger partial charge in [-0.1, -0.05) is 48.5 Å². The molecule has 51 heavy (non-hydrogen) atoms. The highest BCUT2D eigenvalue weighted by atomic mass is 32.2. The Morgan fingerprint density at radius 3 is 1.75 bits per heavy atom. The number of nitrogens with zero attached hydrogens (tertiary/aromatic N) is 2. The summed E-state index contributed by atoms with van der Waals surface area (Å²) in [6.07, 6.45) is -0.0676. The number of amidine groups is 1. The van der Waals surface area contributed by atoms with E-state index in [-0.39, 0.29) is 50.1 Å². The number of benzene rings is 3. The molecule has 0 radical (unpaired) electrons. The van der Waals surface area contributed by atoms with Crippen molar-refractivity contribution in [3.05, 3.63) is 95.1 Å². The fourth-order valence-corrected chi connectivity index (χ4v) is 6.40. The van der Waals surface area contributed by atoms with Crippen molar-refractivity contribution in [2.45, 2.75) is 31.5 Å². The average Bonchev–Trinajstić information content (AvgIpc) is 3.08. The molecule has 6 heterocycles. The second-order valence-corrected chi connectivity index (χ2v) is 13.9. The van der Waals surface area contributed by atoms with Crippen LogP contribution in [0.1, 0.15) is 22.3 Å². The van der Waals surface area contributed by atoms with Gasteiger partial charge in [0.05, 0.1) is 13.1 Å². The maximum atomic E-state index is 13.7. The Labute approximate surface area is 296 Å². The number of carbonyl (C=O) groups is 4. The molecule has 3 aromatic rings. The van der Waals surface area contributed by atoms with Crippen LogP contribution < -0.4 is 36.9 Å². The lowest BCUT2D eigenvalue weighted by molar-refractivity contribution is -0.129. The number of hydrogen-bond donors (Lipinski definition) is 8. The van der Waals surface area contributed by atoms with Gasteiger partial charge in [-0.3, -0.25) is 34.4 Å². The number of fused-ring (bicyclic) bond motifs is 1. The summed E-state index contributed by atoms with van der Waals surface area (Å²) in [4.78, 5) is 56.9. The molecule has 16 nitrogen and oxygen atoms in total. The second-order valence-electron chi connectivity index (χ2n) is 12.6. The van der Waals surface area contributed by atoms with Crippen LogP contribution in [0.3, 0.4) is 0 Å². The van der Waals surface area contributed by atoms with Crippen molar-refractivity contribution in [1.29, 1.82) is 5.41 Å². The minimum atomic E-state index is -4.34. The maximum Gasteiger partial charge on any atom is 0.275 e. The van der Waals surface area contributed by atoms with Crippen LogP contribution >= 0.6 is 0 Å². The molecule has 6 bridgehead atoms. The van der Waals surface area contributed by atoms with Crippen LogP contribution in [0.5, 0.6) is 0 Å². The van der Waals surface area contributed by atoms with Gasteiger partial charge in [-0.05, 0) is 47.4 Å². The van der Waals surface area contributed by atoms with Gasteiger partial charge in [0.25, 0.3) is 10.2 Å². The van der Waals surface area contributed by atoms with Gasteiger partial charge in [0.2, 0.25) is 23.6 Å². The first-order valence-electron chi connectivity index (χ1n) is 16.3. The van der Waals surface area contributed by atoms with Crippen LogP contribution in [-0.4, -0.2) is 99.0 Å². The van der Waals surface area contributed by atoms with Gasteiger partial charge in [0.15, 0.2) is 0 Å². The van der Waals surface area contributed by atoms with Gasteiger partial charge in [-0.2, -0.15) is 13.1 Å². The predicted octanol–water partition coefficient (Wildman–Crippen LogP) is -0.773. The topological polar surface area (TPSA) is 245 Å². The van der Waals surface area contributed by atoms with Crippen LogP contribution in [0.4, 0.5) is 11.4 Å². The largest absolute Gasteiger partial charge is 0.384 e. The molecule has 6 aliphatic rings. The van der Waals surface area contributed by atoms with Crippen LogP contribution in [0.2, 0.25) is 0 Å². The summed E-state index contributed by atoms with van der Waals surface area (Å²) in [5.74, 6) is -1.82. The smallest absolute Gasteiger partial charge is 0.275 e. The number of piperazine rings is 1. The Hall–Kier alpha value is -5.20. The summed E-state index contributed by atoms with van der Waals surface area (Å²) in [6.45, 7) is 2.96. The number of carbonyl (C=O) groups excluding carboxylic acids is 4. The minimum absolute atomic E-state index is 0.0375. The van der Waals surface area contributed by atoms with E-state index < -0.39 is 34.1 Å². The van der Waals surface area contributed by atoms with E-state index in [1.54, 1.807) is 72.8 Å². The lowest BCUT2D eigenvalue weighted by Crippen LogP contribution is -2.55. The molecule has 10 N–H and O–H groups in total. The number of nitrogen functional groups attached to an aromatic ring is 1. The minimum Gasteiger partial charge on any atom is -0.384 e. The number of hydrogen-bond acceptors (Lipinski definition) is 9. The Bertz CT molecular complexity index is 1850. The van der Waals surface area contributed by atoms with Crippen LogP contribution in [0.25, 0.3) is 0 Å². The van der Waals surface area contributed by atoms with Gasteiger partial charge in [0.1, 0.15) is 17.9 Å². The van der Waals surface area contributed by atoms with E-state index >= 15 is 0 Å². The molecule has 17 heteroatoms. The number of anilines is 2. The van der Waals surface area contributed by atoms with Crippen molar-refractivity contribution in [3.63, 3.8) is 0 Å². The Morgan fingerprint density at radius 2 is 1.27 bits per heavy atom. The first-order chi connectivity index (χ1) is 24.3. The van der Waals surface area contributed by atoms with Crippen LogP contribution in [0.15, 0.2) is 72.8 Å². The third kappa shape index (κ3) is 11.4. The summed E-state index contributed by atoms with van der Waals surface area (Å²) >= 11 is 0. The van der Waals surface area contributed by atoms with Crippen molar-refractivity contribution < 1.29 is 27.6 Å². The fraction of sp³-hybridized carbons (Fsp3) is 0.324. The lowest BCUT2D eigenvalue weighted by Gasteiger charge is -2.33. The molecule has 1 saturated heterocycles. The molecular formula is C34H42N10O6S. The first kappa shape index (κ1) is 37.1. The molecule has 1 fully saturated rings. The predicted molar refractivity (Wildman–Crippen MR) is 192 cm³/mol. The van der Waals surface area contributed by atoms with E-state index in [0.29, 0.717) is 54.2 Å². The van der Waals surface area contributed by atoms with Gasteiger partial charge in [-0.25, -0.2) is 5.14 Å². The SMILES string of the molecule is N=C(N)c1ccc(CNC(=O)[C@@H]2Cc3ccc(cc3)NC(=O)CN3CCN(CC3)CC(=O)Nc3ccc(cc3)C[C@@H](NS(N)(=O)=O)C(=O)N2)cc1. The van der Waals surface area contributed by atoms with E-state index in [4.69, 9.17) is 16.3 Å². The fourth-order valence-electron chi connectivity index (χ4n) is 5.81. The van der Waals surface area contributed by atoms with Crippen molar-refractivity contribution in [2.24, 2.45) is 10.9 Å². The highest BCUT2D eigenvalue weighted by molar-refractivity contribution is 7.87. The second kappa shape index (κ2) is 16.7.